The van der Waals surface area contributed by atoms with Crippen LogP contribution >= 0.6 is 0 Å². The van der Waals surface area contributed by atoms with Crippen LogP contribution in [0.25, 0.3) is 0 Å². The largest absolute Gasteiger partial charge is 0.305 e. The summed E-state index contributed by atoms with van der Waals surface area (Å²) in [5, 5.41) is 0. The summed E-state index contributed by atoms with van der Waals surface area (Å²) in [4.78, 5) is 8.09. The quantitative estimate of drug-likeness (QED) is 0.773. The summed E-state index contributed by atoms with van der Waals surface area (Å²) in [5.41, 5.74) is 0.734. The third-order valence-corrected chi connectivity index (χ3v) is 6.84. The van der Waals surface area contributed by atoms with Gasteiger partial charge in [-0.25, -0.2) is 0 Å². The molecule has 4 rings (SSSR count). The Morgan fingerprint density at radius 3 is 2.19 bits per heavy atom. The zero-order chi connectivity index (χ0) is 14.4. The van der Waals surface area contributed by atoms with E-state index >= 15 is 0 Å². The van der Waals surface area contributed by atoms with Crippen LogP contribution in [0.2, 0.25) is 0 Å². The molecule has 1 unspecified atom stereocenters. The Bertz CT molecular complexity index is 361. The number of likely N-dealkylation sites (tertiary alicyclic amines) is 3. The van der Waals surface area contributed by atoms with Crippen molar-refractivity contribution in [1.82, 2.24) is 14.7 Å². The monoisotopic (exact) mass is 291 g/mol. The van der Waals surface area contributed by atoms with Crippen LogP contribution in [0.15, 0.2) is 0 Å². The van der Waals surface area contributed by atoms with E-state index in [9.17, 15) is 0 Å². The molecule has 4 fully saturated rings. The molecule has 0 radical (unpaired) electrons. The third kappa shape index (κ3) is 2.77. The van der Waals surface area contributed by atoms with Crippen LogP contribution in [0.3, 0.4) is 0 Å². The van der Waals surface area contributed by atoms with Crippen LogP contribution in [0, 0.1) is 11.3 Å². The lowest BCUT2D eigenvalue weighted by Gasteiger charge is -2.56. The minimum atomic E-state index is 0.734. The molecule has 0 aromatic heterocycles. The van der Waals surface area contributed by atoms with Crippen LogP contribution < -0.4 is 0 Å². The van der Waals surface area contributed by atoms with Gasteiger partial charge in [-0.1, -0.05) is 6.92 Å². The maximum Gasteiger partial charge on any atom is 0.0350 e. The normalized spacial score (nSPS) is 36.6. The molecule has 0 N–H and O–H groups in total. The predicted molar refractivity (Wildman–Crippen MR) is 87.5 cm³/mol. The molecule has 3 heterocycles. The average molecular weight is 291 g/mol. The van der Waals surface area contributed by atoms with Crippen LogP contribution in [0.5, 0.6) is 0 Å². The molecule has 0 aromatic rings. The molecule has 0 bridgehead atoms. The Morgan fingerprint density at radius 1 is 0.857 bits per heavy atom. The molecule has 1 atom stereocenters. The molecule has 3 saturated heterocycles. The minimum Gasteiger partial charge on any atom is -0.305 e. The van der Waals surface area contributed by atoms with Crippen molar-refractivity contribution in [1.29, 1.82) is 0 Å². The van der Waals surface area contributed by atoms with Crippen molar-refractivity contribution >= 4 is 0 Å². The molecule has 3 nitrogen and oxygen atoms in total. The van der Waals surface area contributed by atoms with Crippen molar-refractivity contribution < 1.29 is 0 Å². The fraction of sp³-hybridized carbons (Fsp3) is 1.00. The summed E-state index contributed by atoms with van der Waals surface area (Å²) in [7, 11) is 2.27. The summed E-state index contributed by atoms with van der Waals surface area (Å²) in [6, 6.07) is 1.80. The molecule has 0 amide bonds. The summed E-state index contributed by atoms with van der Waals surface area (Å²) in [6.07, 6.45) is 8.80. The number of piperidine rings is 1. The Kier molecular flexibility index (Phi) is 3.79. The summed E-state index contributed by atoms with van der Waals surface area (Å²) in [6.45, 7) is 10.6. The van der Waals surface area contributed by atoms with Gasteiger partial charge in [0.25, 0.3) is 0 Å². The highest BCUT2D eigenvalue weighted by Crippen LogP contribution is 2.44. The standard InChI is InChI=1S/C18H33N3/c1-15-4-3-9-20(10-15)17-11-21(12-17)16-5-7-18(8-6-16)13-19(2)14-18/h15-17H,3-14H2,1-2H3. The third-order valence-electron chi connectivity index (χ3n) is 6.84. The first-order valence-corrected chi connectivity index (χ1v) is 9.30. The molecular formula is C18H33N3. The maximum atomic E-state index is 2.80. The molecule has 120 valence electrons. The van der Waals surface area contributed by atoms with Gasteiger partial charge in [-0.3, -0.25) is 9.80 Å². The lowest BCUT2D eigenvalue weighted by Crippen LogP contribution is -2.65. The van der Waals surface area contributed by atoms with E-state index in [0.29, 0.717) is 0 Å². The molecule has 4 aliphatic rings. The van der Waals surface area contributed by atoms with Gasteiger partial charge in [-0.15, -0.1) is 0 Å². The van der Waals surface area contributed by atoms with E-state index in [0.717, 1.165) is 23.4 Å². The van der Waals surface area contributed by atoms with Gasteiger partial charge in [0.2, 0.25) is 0 Å². The van der Waals surface area contributed by atoms with Gasteiger partial charge in [0.15, 0.2) is 0 Å². The highest BCUT2D eigenvalue weighted by atomic mass is 15.3. The van der Waals surface area contributed by atoms with E-state index in [4.69, 9.17) is 0 Å². The van der Waals surface area contributed by atoms with Gasteiger partial charge >= 0.3 is 0 Å². The Labute approximate surface area is 130 Å². The van der Waals surface area contributed by atoms with E-state index in [1.54, 1.807) is 0 Å². The van der Waals surface area contributed by atoms with Crippen LogP contribution in [0.1, 0.15) is 45.4 Å². The zero-order valence-electron chi connectivity index (χ0n) is 14.1. The number of rotatable bonds is 2. The molecule has 3 heteroatoms. The number of hydrogen-bond acceptors (Lipinski definition) is 3. The molecular weight excluding hydrogens is 258 g/mol. The summed E-state index contributed by atoms with van der Waals surface area (Å²) in [5.74, 6) is 0.929. The van der Waals surface area contributed by atoms with Crippen molar-refractivity contribution in [2.75, 3.05) is 46.3 Å². The van der Waals surface area contributed by atoms with Crippen LogP contribution in [-0.4, -0.2) is 73.1 Å². The molecule has 21 heavy (non-hydrogen) atoms. The van der Waals surface area contributed by atoms with Crippen molar-refractivity contribution in [3.8, 4) is 0 Å². The smallest absolute Gasteiger partial charge is 0.0350 e. The van der Waals surface area contributed by atoms with E-state index < -0.39 is 0 Å². The summed E-state index contributed by atoms with van der Waals surface area (Å²) < 4.78 is 0. The first-order valence-electron chi connectivity index (χ1n) is 9.30. The van der Waals surface area contributed by atoms with Gasteiger partial charge in [-0.2, -0.15) is 0 Å². The van der Waals surface area contributed by atoms with Gasteiger partial charge < -0.3 is 4.90 Å². The van der Waals surface area contributed by atoms with Crippen LogP contribution in [0.4, 0.5) is 0 Å². The molecule has 1 aliphatic carbocycles. The predicted octanol–water partition coefficient (Wildman–Crippen LogP) is 2.28. The summed E-state index contributed by atoms with van der Waals surface area (Å²) >= 11 is 0. The SMILES string of the molecule is CC1CCCN(C2CN(C3CCC4(CC3)CN(C)C4)C2)C1. The lowest BCUT2D eigenvalue weighted by atomic mass is 9.67. The zero-order valence-corrected chi connectivity index (χ0v) is 14.1. The van der Waals surface area contributed by atoms with Gasteiger partial charge in [0.05, 0.1) is 0 Å². The average Bonchev–Trinajstić information content (AvgIpc) is 2.38. The number of hydrogen-bond donors (Lipinski definition) is 0. The Hall–Kier alpha value is -0.120. The second-order valence-electron chi connectivity index (χ2n) is 8.75. The topological polar surface area (TPSA) is 9.72 Å². The van der Waals surface area contributed by atoms with Gasteiger partial charge in [0.1, 0.15) is 0 Å². The maximum absolute atomic E-state index is 2.80. The van der Waals surface area contributed by atoms with Crippen molar-refractivity contribution in [3.63, 3.8) is 0 Å². The Balaban J connectivity index is 1.22. The first-order chi connectivity index (χ1) is 10.1. The fourth-order valence-electron chi connectivity index (χ4n) is 5.57. The second-order valence-corrected chi connectivity index (χ2v) is 8.75. The Morgan fingerprint density at radius 2 is 1.57 bits per heavy atom. The van der Waals surface area contributed by atoms with Crippen molar-refractivity contribution in [3.05, 3.63) is 0 Å². The van der Waals surface area contributed by atoms with Gasteiger partial charge in [-0.05, 0) is 63.5 Å². The fourth-order valence-corrected chi connectivity index (χ4v) is 5.57. The lowest BCUT2D eigenvalue weighted by molar-refractivity contribution is -0.0621. The first kappa shape index (κ1) is 14.5. The van der Waals surface area contributed by atoms with E-state index in [1.165, 1.54) is 77.8 Å². The molecule has 3 aliphatic heterocycles. The van der Waals surface area contributed by atoms with E-state index in [1.807, 2.05) is 0 Å². The minimum absolute atomic E-state index is 0.734. The molecule has 1 saturated carbocycles. The van der Waals surface area contributed by atoms with E-state index in [-0.39, 0.29) is 0 Å². The highest BCUT2D eigenvalue weighted by molar-refractivity contribution is 5.01. The highest BCUT2D eigenvalue weighted by Gasteiger charge is 2.46. The van der Waals surface area contributed by atoms with Crippen molar-refractivity contribution in [2.45, 2.75) is 57.5 Å². The number of nitrogens with zero attached hydrogens (tertiary/aromatic N) is 3. The molecule has 0 aromatic carbocycles. The van der Waals surface area contributed by atoms with Gasteiger partial charge in [0, 0.05) is 44.8 Å². The second kappa shape index (κ2) is 5.50. The van der Waals surface area contributed by atoms with Crippen LogP contribution in [-0.2, 0) is 0 Å². The van der Waals surface area contributed by atoms with E-state index in [2.05, 4.69) is 28.7 Å². The molecule has 1 spiro atoms. The van der Waals surface area contributed by atoms with Crippen molar-refractivity contribution in [2.24, 2.45) is 11.3 Å².